The van der Waals surface area contributed by atoms with Crippen molar-refractivity contribution in [1.29, 1.82) is 0 Å². The number of likely N-dealkylation sites (tertiary alicyclic amines) is 1. The van der Waals surface area contributed by atoms with Gasteiger partial charge in [-0.15, -0.1) is 0 Å². The number of benzene rings is 1. The third-order valence-electron chi connectivity index (χ3n) is 4.65. The summed E-state index contributed by atoms with van der Waals surface area (Å²) in [4.78, 5) is 30.8. The van der Waals surface area contributed by atoms with Gasteiger partial charge in [0.2, 0.25) is 5.91 Å². The normalized spacial score (nSPS) is 19.4. The second-order valence-corrected chi connectivity index (χ2v) is 6.46. The molecule has 0 saturated carbocycles. The van der Waals surface area contributed by atoms with Crippen molar-refractivity contribution in [2.24, 2.45) is 0 Å². The molecule has 134 valence electrons. The molecule has 1 saturated heterocycles. The van der Waals surface area contributed by atoms with Crippen molar-refractivity contribution < 1.29 is 14.3 Å². The maximum absolute atomic E-state index is 12.8. The van der Waals surface area contributed by atoms with Crippen LogP contribution < -0.4 is 15.4 Å². The summed E-state index contributed by atoms with van der Waals surface area (Å²) < 4.78 is 5.50. The Hall–Kier alpha value is -2.93. The lowest BCUT2D eigenvalue weighted by Crippen LogP contribution is -2.39. The third-order valence-corrected chi connectivity index (χ3v) is 4.65. The number of ether oxygens (including phenoxy) is 1. The van der Waals surface area contributed by atoms with Gasteiger partial charge in [-0.05, 0) is 43.7 Å². The zero-order chi connectivity index (χ0) is 17.9. The minimum Gasteiger partial charge on any atom is -0.479 e. The molecule has 1 aromatic heterocycles. The van der Waals surface area contributed by atoms with Crippen LogP contribution in [0.2, 0.25) is 0 Å². The Labute approximate surface area is 151 Å². The molecule has 0 radical (unpaired) electrons. The first-order chi connectivity index (χ1) is 12.7. The number of nitrogens with zero attached hydrogens (tertiary/aromatic N) is 2. The summed E-state index contributed by atoms with van der Waals surface area (Å²) in [6.07, 6.45) is 3.55. The van der Waals surface area contributed by atoms with Crippen LogP contribution in [0.5, 0.6) is 5.75 Å². The molecule has 0 spiro atoms. The largest absolute Gasteiger partial charge is 0.479 e. The Morgan fingerprint density at radius 3 is 3.08 bits per heavy atom. The quantitative estimate of drug-likeness (QED) is 0.879. The van der Waals surface area contributed by atoms with Gasteiger partial charge in [0.25, 0.3) is 5.91 Å². The van der Waals surface area contributed by atoms with Crippen LogP contribution in [-0.4, -0.2) is 40.9 Å². The summed E-state index contributed by atoms with van der Waals surface area (Å²) in [6.45, 7) is 1.47. The number of amides is 2. The molecule has 1 unspecified atom stereocenters. The Morgan fingerprint density at radius 1 is 1.31 bits per heavy atom. The lowest BCUT2D eigenvalue weighted by Gasteiger charge is -2.25. The zero-order valence-electron chi connectivity index (χ0n) is 14.3. The molecule has 2 amide bonds. The van der Waals surface area contributed by atoms with Crippen molar-refractivity contribution in [2.75, 3.05) is 23.8 Å². The van der Waals surface area contributed by atoms with Crippen molar-refractivity contribution in [2.45, 2.75) is 25.4 Å². The fourth-order valence-electron chi connectivity index (χ4n) is 3.44. The van der Waals surface area contributed by atoms with Crippen LogP contribution in [0.25, 0.3) is 0 Å². The number of aromatic nitrogens is 1. The highest BCUT2D eigenvalue weighted by Gasteiger charge is 2.31. The van der Waals surface area contributed by atoms with Gasteiger partial charge < -0.3 is 15.4 Å². The van der Waals surface area contributed by atoms with E-state index in [1.54, 1.807) is 24.4 Å². The summed E-state index contributed by atoms with van der Waals surface area (Å²) in [6, 6.07) is 10.9. The van der Waals surface area contributed by atoms with Crippen LogP contribution in [0, 0.1) is 0 Å². The van der Waals surface area contributed by atoms with Gasteiger partial charge in [0.15, 0.2) is 12.4 Å². The highest BCUT2D eigenvalue weighted by molar-refractivity contribution is 6.01. The summed E-state index contributed by atoms with van der Waals surface area (Å²) in [5, 5.41) is 5.72. The number of carbonyl (C=O) groups is 2. The van der Waals surface area contributed by atoms with E-state index in [0.29, 0.717) is 23.7 Å². The van der Waals surface area contributed by atoms with E-state index in [2.05, 4.69) is 20.5 Å². The average Bonchev–Trinajstić information content (AvgIpc) is 3.11. The molecule has 2 aromatic rings. The molecule has 2 aliphatic heterocycles. The molecule has 1 fully saturated rings. The molecular formula is C19H20N4O3. The summed E-state index contributed by atoms with van der Waals surface area (Å²) >= 11 is 0. The predicted molar refractivity (Wildman–Crippen MR) is 96.9 cm³/mol. The minimum atomic E-state index is -0.203. The second-order valence-electron chi connectivity index (χ2n) is 6.46. The molecule has 1 atom stereocenters. The summed E-state index contributed by atoms with van der Waals surface area (Å²) in [7, 11) is 0. The van der Waals surface area contributed by atoms with E-state index in [4.69, 9.17) is 4.74 Å². The Bertz CT molecular complexity index is 825. The molecule has 7 heteroatoms. The first-order valence-corrected chi connectivity index (χ1v) is 8.71. The Morgan fingerprint density at radius 2 is 2.23 bits per heavy atom. The molecule has 0 bridgehead atoms. The number of pyridine rings is 1. The van der Waals surface area contributed by atoms with E-state index < -0.39 is 0 Å². The zero-order valence-corrected chi connectivity index (χ0v) is 14.3. The minimum absolute atomic E-state index is 0.0465. The lowest BCUT2D eigenvalue weighted by molar-refractivity contribution is -0.120. The van der Waals surface area contributed by atoms with Crippen LogP contribution in [0.15, 0.2) is 42.6 Å². The van der Waals surface area contributed by atoms with Crippen molar-refractivity contribution in [3.63, 3.8) is 0 Å². The van der Waals surface area contributed by atoms with E-state index in [0.717, 1.165) is 25.1 Å². The summed E-state index contributed by atoms with van der Waals surface area (Å²) in [5.74, 6) is 0.250. The second kappa shape index (κ2) is 7.13. The number of hydrogen-bond donors (Lipinski definition) is 2. The molecule has 0 aliphatic carbocycles. The van der Waals surface area contributed by atoms with Crippen LogP contribution in [0.1, 0.15) is 18.5 Å². The number of hydrogen-bond acceptors (Lipinski definition) is 5. The van der Waals surface area contributed by atoms with Crippen molar-refractivity contribution in [3.05, 3.63) is 48.3 Å². The fraction of sp³-hybridized carbons (Fsp3) is 0.316. The van der Waals surface area contributed by atoms with Crippen molar-refractivity contribution in [3.8, 4) is 5.75 Å². The molecule has 2 aliphatic rings. The molecule has 4 rings (SSSR count). The maximum atomic E-state index is 12.8. The standard InChI is InChI=1S/C19H20N4O3/c24-17-12-26-18-14(21-17)6-3-7-15(18)22-19(25)16-8-4-10-23(16)11-13-5-1-2-9-20-13/h1-3,5-7,9,16H,4,8,10-12H2,(H,21,24)(H,22,25). The van der Waals surface area contributed by atoms with E-state index >= 15 is 0 Å². The Kier molecular flexibility index (Phi) is 4.53. The highest BCUT2D eigenvalue weighted by atomic mass is 16.5. The van der Waals surface area contributed by atoms with Gasteiger partial charge in [-0.1, -0.05) is 12.1 Å². The van der Waals surface area contributed by atoms with E-state index in [9.17, 15) is 9.59 Å². The number of carbonyl (C=O) groups excluding carboxylic acids is 2. The lowest BCUT2D eigenvalue weighted by atomic mass is 10.1. The molecular weight excluding hydrogens is 332 g/mol. The van der Waals surface area contributed by atoms with E-state index in [1.165, 1.54) is 0 Å². The smallest absolute Gasteiger partial charge is 0.262 e. The Balaban J connectivity index is 1.48. The molecule has 3 heterocycles. The molecule has 1 aromatic carbocycles. The van der Waals surface area contributed by atoms with Crippen LogP contribution >= 0.6 is 0 Å². The first kappa shape index (κ1) is 16.5. The van der Waals surface area contributed by atoms with Gasteiger partial charge in [-0.2, -0.15) is 0 Å². The number of para-hydroxylation sites is 1. The third kappa shape index (κ3) is 3.39. The first-order valence-electron chi connectivity index (χ1n) is 8.71. The van der Waals surface area contributed by atoms with Crippen molar-refractivity contribution >= 4 is 23.2 Å². The number of anilines is 2. The van der Waals surface area contributed by atoms with Crippen LogP contribution in [-0.2, 0) is 16.1 Å². The summed E-state index contributed by atoms with van der Waals surface area (Å²) in [5.41, 5.74) is 2.11. The van der Waals surface area contributed by atoms with Gasteiger partial charge in [0.1, 0.15) is 0 Å². The monoisotopic (exact) mass is 352 g/mol. The average molecular weight is 352 g/mol. The van der Waals surface area contributed by atoms with E-state index in [1.807, 2.05) is 18.2 Å². The topological polar surface area (TPSA) is 83.6 Å². The van der Waals surface area contributed by atoms with Gasteiger partial charge in [-0.25, -0.2) is 0 Å². The van der Waals surface area contributed by atoms with Crippen LogP contribution in [0.4, 0.5) is 11.4 Å². The SMILES string of the molecule is O=C1COc2c(cccc2NC(=O)C2CCCN2Cc2ccccn2)N1. The highest BCUT2D eigenvalue weighted by Crippen LogP contribution is 2.36. The molecule has 2 N–H and O–H groups in total. The number of rotatable bonds is 4. The number of fused-ring (bicyclic) bond motifs is 1. The fourth-order valence-corrected chi connectivity index (χ4v) is 3.44. The van der Waals surface area contributed by atoms with Gasteiger partial charge in [0, 0.05) is 12.7 Å². The van der Waals surface area contributed by atoms with Gasteiger partial charge >= 0.3 is 0 Å². The molecule has 7 nitrogen and oxygen atoms in total. The van der Waals surface area contributed by atoms with Gasteiger partial charge in [0.05, 0.1) is 23.1 Å². The van der Waals surface area contributed by atoms with Crippen molar-refractivity contribution in [1.82, 2.24) is 9.88 Å². The van der Waals surface area contributed by atoms with E-state index in [-0.39, 0.29) is 24.5 Å². The van der Waals surface area contributed by atoms with Crippen LogP contribution in [0.3, 0.4) is 0 Å². The predicted octanol–water partition coefficient (Wildman–Crippen LogP) is 2.02. The van der Waals surface area contributed by atoms with Gasteiger partial charge in [-0.3, -0.25) is 19.5 Å². The maximum Gasteiger partial charge on any atom is 0.262 e. The molecule has 26 heavy (non-hydrogen) atoms. The number of nitrogens with one attached hydrogen (secondary N) is 2.